The third-order valence-electron chi connectivity index (χ3n) is 3.78. The van der Waals surface area contributed by atoms with E-state index in [1.807, 2.05) is 12.3 Å². The van der Waals surface area contributed by atoms with Crippen LogP contribution in [0.3, 0.4) is 0 Å². The zero-order chi connectivity index (χ0) is 16.4. The summed E-state index contributed by atoms with van der Waals surface area (Å²) < 4.78 is 13.9. The average Bonchev–Trinajstić information content (AvgIpc) is 3.14. The number of aryl methyl sites for hydroxylation is 1. The molecule has 0 radical (unpaired) electrons. The van der Waals surface area contributed by atoms with Gasteiger partial charge >= 0.3 is 0 Å². The van der Waals surface area contributed by atoms with Crippen LogP contribution in [0.4, 0.5) is 4.39 Å². The molecule has 3 rings (SSSR count). The van der Waals surface area contributed by atoms with E-state index in [4.69, 9.17) is 11.6 Å². The number of aromatic nitrogens is 1. The minimum Gasteiger partial charge on any atom is -0.353 e. The summed E-state index contributed by atoms with van der Waals surface area (Å²) in [6, 6.07) is 4.96. The van der Waals surface area contributed by atoms with Gasteiger partial charge in [-0.2, -0.15) is 0 Å². The summed E-state index contributed by atoms with van der Waals surface area (Å²) >= 11 is 7.74. The fraction of sp³-hybridized carbons (Fsp3) is 0.375. The number of halogens is 3. The first-order chi connectivity index (χ1) is 11.1. The van der Waals surface area contributed by atoms with Gasteiger partial charge in [0.2, 0.25) is 0 Å². The molecule has 2 N–H and O–H groups in total. The van der Waals surface area contributed by atoms with Crippen molar-refractivity contribution in [1.29, 1.82) is 0 Å². The Morgan fingerprint density at radius 3 is 2.92 bits per heavy atom. The van der Waals surface area contributed by atoms with Gasteiger partial charge in [0.25, 0.3) is 0 Å². The maximum absolute atomic E-state index is 13.9. The summed E-state index contributed by atoms with van der Waals surface area (Å²) in [5, 5.41) is 10.1. The molecule has 1 aliphatic rings. The second kappa shape index (κ2) is 8.44. The molecule has 4 nitrogen and oxygen atoms in total. The van der Waals surface area contributed by atoms with Crippen LogP contribution in [0.15, 0.2) is 28.6 Å². The monoisotopic (exact) mass is 480 g/mol. The summed E-state index contributed by atoms with van der Waals surface area (Å²) in [4.78, 5) is 8.61. The van der Waals surface area contributed by atoms with Gasteiger partial charge in [-0.05, 0) is 25.5 Å². The second-order valence-electron chi connectivity index (χ2n) is 5.54. The number of rotatable bonds is 4. The molecule has 1 aromatic heterocycles. The Bertz CT molecular complexity index is 716. The Morgan fingerprint density at radius 1 is 1.50 bits per heavy atom. The molecule has 24 heavy (non-hydrogen) atoms. The number of hydrogen-bond donors (Lipinski definition) is 2. The van der Waals surface area contributed by atoms with Crippen LogP contribution >= 0.6 is 46.9 Å². The van der Waals surface area contributed by atoms with E-state index >= 15 is 0 Å². The highest BCUT2D eigenvalue weighted by molar-refractivity contribution is 14.0. The van der Waals surface area contributed by atoms with E-state index in [9.17, 15) is 4.39 Å². The number of thiazole rings is 1. The van der Waals surface area contributed by atoms with E-state index in [0.717, 1.165) is 17.1 Å². The van der Waals surface area contributed by atoms with Crippen LogP contribution in [0.1, 0.15) is 28.6 Å². The summed E-state index contributed by atoms with van der Waals surface area (Å²) in [6.45, 7) is 2.59. The lowest BCUT2D eigenvalue weighted by molar-refractivity contribution is 0.608. The van der Waals surface area contributed by atoms with Gasteiger partial charge in [0, 0.05) is 40.7 Å². The minimum absolute atomic E-state index is 0. The van der Waals surface area contributed by atoms with E-state index < -0.39 is 0 Å². The molecule has 1 saturated carbocycles. The molecule has 0 saturated heterocycles. The lowest BCUT2D eigenvalue weighted by Gasteiger charge is -2.11. The summed E-state index contributed by atoms with van der Waals surface area (Å²) in [5.41, 5.74) is 1.61. The molecule has 130 valence electrons. The normalized spacial score (nSPS) is 19.6. The Kier molecular flexibility index (Phi) is 6.82. The molecule has 1 heterocycles. The van der Waals surface area contributed by atoms with Crippen LogP contribution in [0.5, 0.6) is 0 Å². The van der Waals surface area contributed by atoms with Crippen molar-refractivity contribution in [3.05, 3.63) is 50.7 Å². The standard InChI is InChI=1S/C16H18ClFN4S.HI/c1-9-8-23-14(21-9)7-20-16(19-2)22-13-6-10(13)15-11(17)4-3-5-12(15)18;/h3-5,8,10,13H,6-7H2,1-2H3,(H2,19,20,22);1H. The van der Waals surface area contributed by atoms with Crippen molar-refractivity contribution in [1.82, 2.24) is 15.6 Å². The molecule has 0 bridgehead atoms. The first-order valence-corrected chi connectivity index (χ1v) is 8.66. The van der Waals surface area contributed by atoms with Crippen LogP contribution in [0, 0.1) is 12.7 Å². The molecule has 0 aliphatic heterocycles. The van der Waals surface area contributed by atoms with Gasteiger partial charge < -0.3 is 10.6 Å². The van der Waals surface area contributed by atoms with Crippen molar-refractivity contribution in [2.75, 3.05) is 7.05 Å². The average molecular weight is 481 g/mol. The SMILES string of the molecule is CN=C(NCc1nc(C)cs1)NC1CC1c1c(F)cccc1Cl.I. The van der Waals surface area contributed by atoms with E-state index in [1.54, 1.807) is 30.5 Å². The van der Waals surface area contributed by atoms with E-state index in [1.165, 1.54) is 6.07 Å². The highest BCUT2D eigenvalue weighted by atomic mass is 127. The largest absolute Gasteiger partial charge is 0.353 e. The van der Waals surface area contributed by atoms with Gasteiger partial charge in [-0.15, -0.1) is 35.3 Å². The van der Waals surface area contributed by atoms with E-state index in [-0.39, 0.29) is 41.8 Å². The zero-order valence-corrected chi connectivity index (χ0v) is 17.2. The lowest BCUT2D eigenvalue weighted by atomic mass is 10.1. The molecule has 8 heteroatoms. The predicted octanol–water partition coefficient (Wildman–Crippen LogP) is 4.08. The Hall–Kier alpha value is -0.930. The zero-order valence-electron chi connectivity index (χ0n) is 13.3. The number of nitrogens with zero attached hydrogens (tertiary/aromatic N) is 2. The molecule has 1 aliphatic carbocycles. The summed E-state index contributed by atoms with van der Waals surface area (Å²) in [7, 11) is 1.72. The predicted molar refractivity (Wildman–Crippen MR) is 108 cm³/mol. The molecule has 0 amide bonds. The maximum Gasteiger partial charge on any atom is 0.191 e. The van der Waals surface area contributed by atoms with Crippen LogP contribution in [0.25, 0.3) is 0 Å². The van der Waals surface area contributed by atoms with Gasteiger partial charge in [0.1, 0.15) is 10.8 Å². The van der Waals surface area contributed by atoms with Crippen molar-refractivity contribution in [3.8, 4) is 0 Å². The summed E-state index contributed by atoms with van der Waals surface area (Å²) in [5.74, 6) is 0.537. The third-order valence-corrected chi connectivity index (χ3v) is 5.08. The van der Waals surface area contributed by atoms with Gasteiger partial charge in [-0.1, -0.05) is 17.7 Å². The molecular formula is C16H19ClFIN4S. The second-order valence-corrected chi connectivity index (χ2v) is 6.89. The number of aliphatic imine (C=N–C) groups is 1. The van der Waals surface area contributed by atoms with Crippen molar-refractivity contribution < 1.29 is 4.39 Å². The molecule has 0 spiro atoms. The van der Waals surface area contributed by atoms with Gasteiger partial charge in [-0.3, -0.25) is 4.99 Å². The smallest absolute Gasteiger partial charge is 0.191 e. The number of hydrogen-bond acceptors (Lipinski definition) is 3. The number of benzene rings is 1. The van der Waals surface area contributed by atoms with Crippen molar-refractivity contribution in [3.63, 3.8) is 0 Å². The fourth-order valence-electron chi connectivity index (χ4n) is 2.55. The Morgan fingerprint density at radius 2 is 2.29 bits per heavy atom. The minimum atomic E-state index is -0.243. The van der Waals surface area contributed by atoms with Crippen molar-refractivity contribution in [2.45, 2.75) is 31.8 Å². The van der Waals surface area contributed by atoms with Crippen LogP contribution in [-0.2, 0) is 6.54 Å². The summed E-state index contributed by atoms with van der Waals surface area (Å²) in [6.07, 6.45) is 0.845. The van der Waals surface area contributed by atoms with Gasteiger partial charge in [0.05, 0.1) is 6.54 Å². The van der Waals surface area contributed by atoms with Gasteiger partial charge in [-0.25, -0.2) is 9.37 Å². The molecule has 2 aromatic rings. The topological polar surface area (TPSA) is 49.3 Å². The van der Waals surface area contributed by atoms with Crippen molar-refractivity contribution in [2.24, 2.45) is 4.99 Å². The Labute approximate surface area is 167 Å². The first kappa shape index (κ1) is 19.4. The highest BCUT2D eigenvalue weighted by Gasteiger charge is 2.41. The van der Waals surface area contributed by atoms with Crippen LogP contribution in [-0.4, -0.2) is 24.0 Å². The maximum atomic E-state index is 13.9. The third kappa shape index (κ3) is 4.58. The number of guanidine groups is 1. The molecule has 1 aromatic carbocycles. The van der Waals surface area contributed by atoms with Crippen molar-refractivity contribution >= 4 is 52.9 Å². The van der Waals surface area contributed by atoms with E-state index in [2.05, 4.69) is 20.6 Å². The molecular weight excluding hydrogens is 462 g/mol. The first-order valence-electron chi connectivity index (χ1n) is 7.40. The quantitative estimate of drug-likeness (QED) is 0.394. The fourth-order valence-corrected chi connectivity index (χ4v) is 3.57. The molecule has 2 unspecified atom stereocenters. The van der Waals surface area contributed by atoms with Crippen LogP contribution < -0.4 is 10.6 Å². The lowest BCUT2D eigenvalue weighted by Crippen LogP contribution is -2.38. The highest BCUT2D eigenvalue weighted by Crippen LogP contribution is 2.44. The molecule has 2 atom stereocenters. The Balaban J connectivity index is 0.00000208. The van der Waals surface area contributed by atoms with E-state index in [0.29, 0.717) is 23.1 Å². The van der Waals surface area contributed by atoms with Crippen LogP contribution in [0.2, 0.25) is 5.02 Å². The van der Waals surface area contributed by atoms with Gasteiger partial charge in [0.15, 0.2) is 5.96 Å². The number of nitrogens with one attached hydrogen (secondary N) is 2. The molecule has 1 fully saturated rings.